The Kier molecular flexibility index (Phi) is 5.36. The van der Waals surface area contributed by atoms with Gasteiger partial charge in [0, 0.05) is 20.2 Å². The summed E-state index contributed by atoms with van der Waals surface area (Å²) in [5.41, 5.74) is 5.66. The highest BCUT2D eigenvalue weighted by atomic mass is 16.5. The summed E-state index contributed by atoms with van der Waals surface area (Å²) >= 11 is 0. The quantitative estimate of drug-likeness (QED) is 0.702. The molecule has 1 amide bonds. The molecule has 100 valence electrons. The van der Waals surface area contributed by atoms with Crippen LogP contribution in [0, 0.1) is 5.41 Å². The fourth-order valence-corrected chi connectivity index (χ4v) is 2.06. The normalized spacial score (nSPS) is 22.1. The number of likely N-dealkylation sites (tertiary alicyclic amines) is 1. The fraction of sp³-hybridized carbons (Fsp3) is 0.917. The largest absolute Gasteiger partial charge is 0.370 e. The number of carbonyl (C=O) groups excluding carboxylic acids is 1. The Balaban J connectivity index is 2.36. The summed E-state index contributed by atoms with van der Waals surface area (Å²) in [6.45, 7) is 5.35. The van der Waals surface area contributed by atoms with Crippen LogP contribution in [0.3, 0.4) is 0 Å². The van der Waals surface area contributed by atoms with E-state index in [1.54, 1.807) is 0 Å². The van der Waals surface area contributed by atoms with Crippen LogP contribution in [-0.2, 0) is 9.53 Å². The summed E-state index contributed by atoms with van der Waals surface area (Å²) in [5, 5.41) is 2.95. The van der Waals surface area contributed by atoms with Crippen molar-refractivity contribution in [3.8, 4) is 0 Å². The zero-order valence-electron chi connectivity index (χ0n) is 11.2. The second kappa shape index (κ2) is 6.33. The van der Waals surface area contributed by atoms with E-state index >= 15 is 0 Å². The minimum Gasteiger partial charge on any atom is -0.370 e. The highest BCUT2D eigenvalue weighted by Crippen LogP contribution is 2.29. The summed E-state index contributed by atoms with van der Waals surface area (Å²) in [5.74, 6) is -0.102. The highest BCUT2D eigenvalue weighted by Gasteiger charge is 2.29. The highest BCUT2D eigenvalue weighted by molar-refractivity contribution is 5.81. The van der Waals surface area contributed by atoms with Crippen molar-refractivity contribution in [2.75, 3.05) is 40.3 Å². The van der Waals surface area contributed by atoms with E-state index in [2.05, 4.69) is 24.2 Å². The molecule has 1 aliphatic heterocycles. The van der Waals surface area contributed by atoms with Crippen LogP contribution in [0.25, 0.3) is 0 Å². The van der Waals surface area contributed by atoms with Crippen LogP contribution >= 0.6 is 0 Å². The standard InChI is InChI=1S/C12H25N3O2/c1-12(4-6-15(2)7-5-12)9-14-11(16)10(8-13)17-3/h10H,4-9,13H2,1-3H3,(H,14,16). The molecule has 0 aromatic carbocycles. The van der Waals surface area contributed by atoms with E-state index in [0.717, 1.165) is 25.9 Å². The van der Waals surface area contributed by atoms with E-state index in [-0.39, 0.29) is 17.9 Å². The summed E-state index contributed by atoms with van der Waals surface area (Å²) in [6, 6.07) is 0. The van der Waals surface area contributed by atoms with Gasteiger partial charge in [0.1, 0.15) is 6.10 Å². The van der Waals surface area contributed by atoms with Crippen molar-refractivity contribution in [1.29, 1.82) is 0 Å². The maximum Gasteiger partial charge on any atom is 0.250 e. The van der Waals surface area contributed by atoms with E-state index in [9.17, 15) is 4.79 Å². The average Bonchev–Trinajstić information content (AvgIpc) is 2.33. The number of nitrogens with two attached hydrogens (primary N) is 1. The molecule has 0 aromatic rings. The molecule has 5 nitrogen and oxygen atoms in total. The molecule has 3 N–H and O–H groups in total. The van der Waals surface area contributed by atoms with Crippen LogP contribution in [0.2, 0.25) is 0 Å². The van der Waals surface area contributed by atoms with E-state index in [1.165, 1.54) is 7.11 Å². The number of methoxy groups -OCH3 is 1. The molecule has 5 heteroatoms. The number of hydrogen-bond donors (Lipinski definition) is 2. The molecule has 0 aromatic heterocycles. The minimum absolute atomic E-state index is 0.102. The molecule has 1 rings (SSSR count). The Morgan fingerprint density at radius 3 is 2.59 bits per heavy atom. The van der Waals surface area contributed by atoms with Gasteiger partial charge in [-0.3, -0.25) is 4.79 Å². The number of rotatable bonds is 5. The summed E-state index contributed by atoms with van der Waals surface area (Å²) in [4.78, 5) is 14.0. The zero-order valence-corrected chi connectivity index (χ0v) is 11.2. The van der Waals surface area contributed by atoms with Crippen molar-refractivity contribution < 1.29 is 9.53 Å². The lowest BCUT2D eigenvalue weighted by Gasteiger charge is -2.38. The molecule has 0 spiro atoms. The van der Waals surface area contributed by atoms with Gasteiger partial charge in [-0.1, -0.05) is 6.92 Å². The predicted molar refractivity (Wildman–Crippen MR) is 67.7 cm³/mol. The third kappa shape index (κ3) is 4.26. The van der Waals surface area contributed by atoms with Gasteiger partial charge in [-0.15, -0.1) is 0 Å². The lowest BCUT2D eigenvalue weighted by molar-refractivity contribution is -0.131. The third-order valence-electron chi connectivity index (χ3n) is 3.67. The number of nitrogens with zero attached hydrogens (tertiary/aromatic N) is 1. The molecule has 0 aliphatic carbocycles. The third-order valence-corrected chi connectivity index (χ3v) is 3.67. The Labute approximate surface area is 104 Å². The van der Waals surface area contributed by atoms with Gasteiger partial charge in [0.25, 0.3) is 0 Å². The van der Waals surface area contributed by atoms with Crippen molar-refractivity contribution in [2.45, 2.75) is 25.9 Å². The van der Waals surface area contributed by atoms with E-state index in [1.807, 2.05) is 0 Å². The number of hydrogen-bond acceptors (Lipinski definition) is 4. The monoisotopic (exact) mass is 243 g/mol. The predicted octanol–water partition coefficient (Wildman–Crippen LogP) is -0.192. The first kappa shape index (κ1) is 14.4. The zero-order chi connectivity index (χ0) is 12.9. The Hall–Kier alpha value is -0.650. The molecular formula is C12H25N3O2. The van der Waals surface area contributed by atoms with Crippen LogP contribution in [0.15, 0.2) is 0 Å². The molecule has 1 heterocycles. The van der Waals surface area contributed by atoms with E-state index < -0.39 is 6.10 Å². The first-order valence-corrected chi connectivity index (χ1v) is 6.20. The van der Waals surface area contributed by atoms with Gasteiger partial charge in [-0.25, -0.2) is 0 Å². The summed E-state index contributed by atoms with van der Waals surface area (Å²) in [6.07, 6.45) is 1.71. The van der Waals surface area contributed by atoms with Crippen LogP contribution in [-0.4, -0.2) is 57.2 Å². The van der Waals surface area contributed by atoms with Crippen molar-refractivity contribution in [3.63, 3.8) is 0 Å². The maximum atomic E-state index is 11.7. The molecule has 17 heavy (non-hydrogen) atoms. The van der Waals surface area contributed by atoms with Crippen LogP contribution < -0.4 is 11.1 Å². The topological polar surface area (TPSA) is 67.6 Å². The molecule has 0 radical (unpaired) electrons. The number of piperidine rings is 1. The van der Waals surface area contributed by atoms with Gasteiger partial charge in [-0.2, -0.15) is 0 Å². The first-order chi connectivity index (χ1) is 8.00. The number of amides is 1. The lowest BCUT2D eigenvalue weighted by atomic mass is 9.80. The summed E-state index contributed by atoms with van der Waals surface area (Å²) < 4.78 is 5.01. The van der Waals surface area contributed by atoms with Crippen LogP contribution in [0.4, 0.5) is 0 Å². The van der Waals surface area contributed by atoms with E-state index in [0.29, 0.717) is 6.54 Å². The van der Waals surface area contributed by atoms with Crippen molar-refractivity contribution in [1.82, 2.24) is 10.2 Å². The molecule has 1 saturated heterocycles. The SMILES string of the molecule is COC(CN)C(=O)NCC1(C)CCN(C)CC1. The van der Waals surface area contributed by atoms with Gasteiger partial charge >= 0.3 is 0 Å². The summed E-state index contributed by atoms with van der Waals surface area (Å²) in [7, 11) is 3.64. The van der Waals surface area contributed by atoms with Crippen LogP contribution in [0.1, 0.15) is 19.8 Å². The van der Waals surface area contributed by atoms with Gasteiger partial charge in [-0.05, 0) is 38.4 Å². The Bertz CT molecular complexity index is 246. The lowest BCUT2D eigenvalue weighted by Crippen LogP contribution is -2.47. The van der Waals surface area contributed by atoms with Crippen molar-refractivity contribution >= 4 is 5.91 Å². The molecule has 0 saturated carbocycles. The second-order valence-electron chi connectivity index (χ2n) is 5.29. The Morgan fingerprint density at radius 2 is 2.12 bits per heavy atom. The average molecular weight is 243 g/mol. The number of carbonyl (C=O) groups is 1. The van der Waals surface area contributed by atoms with Gasteiger partial charge in [0.05, 0.1) is 0 Å². The van der Waals surface area contributed by atoms with Crippen LogP contribution in [0.5, 0.6) is 0 Å². The molecule has 1 atom stereocenters. The molecule has 1 aliphatic rings. The fourth-order valence-electron chi connectivity index (χ4n) is 2.06. The second-order valence-corrected chi connectivity index (χ2v) is 5.29. The van der Waals surface area contributed by atoms with Gasteiger partial charge < -0.3 is 20.7 Å². The van der Waals surface area contributed by atoms with Gasteiger partial charge in [0.2, 0.25) is 5.91 Å². The Morgan fingerprint density at radius 1 is 1.53 bits per heavy atom. The number of nitrogens with one attached hydrogen (secondary N) is 1. The van der Waals surface area contributed by atoms with Crippen molar-refractivity contribution in [2.24, 2.45) is 11.1 Å². The smallest absolute Gasteiger partial charge is 0.250 e. The minimum atomic E-state index is -0.523. The molecule has 0 bridgehead atoms. The van der Waals surface area contributed by atoms with E-state index in [4.69, 9.17) is 10.5 Å². The molecule has 1 unspecified atom stereocenters. The number of ether oxygens (including phenoxy) is 1. The maximum absolute atomic E-state index is 11.7. The molecular weight excluding hydrogens is 218 g/mol. The van der Waals surface area contributed by atoms with Gasteiger partial charge in [0.15, 0.2) is 0 Å². The first-order valence-electron chi connectivity index (χ1n) is 6.20. The molecule has 1 fully saturated rings. The van der Waals surface area contributed by atoms with Crippen molar-refractivity contribution in [3.05, 3.63) is 0 Å².